The molecular formula is C17H25N3O5. The monoisotopic (exact) mass is 351 g/mol. The summed E-state index contributed by atoms with van der Waals surface area (Å²) in [5, 5.41) is 15.6. The number of carboxylic acid groups (broad SMARTS) is 2. The van der Waals surface area contributed by atoms with Crippen LogP contribution in [0.3, 0.4) is 0 Å². The summed E-state index contributed by atoms with van der Waals surface area (Å²) < 4.78 is 5.48. The first-order valence-electron chi connectivity index (χ1n) is 8.15. The Kier molecular flexibility index (Phi) is 9.02. The van der Waals surface area contributed by atoms with E-state index in [4.69, 9.17) is 14.9 Å². The second-order valence-corrected chi connectivity index (χ2v) is 5.24. The van der Waals surface area contributed by atoms with Crippen LogP contribution in [0.15, 0.2) is 30.6 Å². The number of aliphatic carboxylic acids is 2. The van der Waals surface area contributed by atoms with Crippen LogP contribution in [0, 0.1) is 0 Å². The van der Waals surface area contributed by atoms with Gasteiger partial charge in [-0.05, 0) is 13.5 Å². The van der Waals surface area contributed by atoms with Crippen LogP contribution in [0.25, 0.3) is 0 Å². The van der Waals surface area contributed by atoms with Gasteiger partial charge < -0.3 is 24.7 Å². The van der Waals surface area contributed by atoms with Gasteiger partial charge in [0.1, 0.15) is 5.75 Å². The number of likely N-dealkylation sites (N-methyl/N-ethyl adjacent to an activating group) is 1. The van der Waals surface area contributed by atoms with Crippen molar-refractivity contribution in [2.45, 2.75) is 13.8 Å². The van der Waals surface area contributed by atoms with Crippen LogP contribution in [0.4, 0.5) is 5.69 Å². The fourth-order valence-corrected chi connectivity index (χ4v) is 2.29. The normalized spacial score (nSPS) is 14.7. The van der Waals surface area contributed by atoms with E-state index in [1.165, 1.54) is 5.69 Å². The molecule has 8 heteroatoms. The number of hydrogen-bond acceptors (Lipinski definition) is 6. The zero-order chi connectivity index (χ0) is 18.7. The summed E-state index contributed by atoms with van der Waals surface area (Å²) in [5.74, 6) is -1.65. The lowest BCUT2D eigenvalue weighted by Gasteiger charge is -2.35. The number of pyridine rings is 1. The van der Waals surface area contributed by atoms with Crippen molar-refractivity contribution < 1.29 is 24.5 Å². The number of aromatic nitrogens is 1. The molecule has 2 heterocycles. The molecule has 0 amide bonds. The van der Waals surface area contributed by atoms with Gasteiger partial charge in [-0.15, -0.1) is 0 Å². The van der Waals surface area contributed by atoms with Gasteiger partial charge in [-0.25, -0.2) is 9.59 Å². The number of carboxylic acids is 2. The molecule has 25 heavy (non-hydrogen) atoms. The highest BCUT2D eigenvalue weighted by Gasteiger charge is 2.16. The zero-order valence-electron chi connectivity index (χ0n) is 14.6. The minimum absolute atomic E-state index is 0.558. The van der Waals surface area contributed by atoms with Crippen molar-refractivity contribution in [3.63, 3.8) is 0 Å². The van der Waals surface area contributed by atoms with E-state index in [2.05, 4.69) is 27.8 Å². The van der Waals surface area contributed by atoms with Crippen molar-refractivity contribution in [3.05, 3.63) is 30.6 Å². The number of nitrogens with zero attached hydrogens (tertiary/aromatic N) is 3. The molecule has 1 aromatic rings. The van der Waals surface area contributed by atoms with Crippen molar-refractivity contribution in [3.8, 4) is 5.75 Å². The average molecular weight is 351 g/mol. The molecule has 138 valence electrons. The first-order chi connectivity index (χ1) is 12.0. The summed E-state index contributed by atoms with van der Waals surface area (Å²) in [6.07, 6.45) is 4.81. The fraction of sp³-hybridized carbons (Fsp3) is 0.471. The Labute approximate surface area is 147 Å². The minimum Gasteiger partial charge on any atom is -0.492 e. The number of carbonyl (C=O) groups is 2. The summed E-state index contributed by atoms with van der Waals surface area (Å²) >= 11 is 0. The van der Waals surface area contributed by atoms with Gasteiger partial charge in [0.15, 0.2) is 0 Å². The highest BCUT2D eigenvalue weighted by molar-refractivity contribution is 5.89. The zero-order valence-corrected chi connectivity index (χ0v) is 14.6. The molecule has 0 saturated carbocycles. The maximum absolute atomic E-state index is 9.55. The van der Waals surface area contributed by atoms with E-state index in [1.807, 2.05) is 13.1 Å². The molecule has 0 atom stereocenters. The smallest absolute Gasteiger partial charge is 0.328 e. The number of piperazine rings is 1. The van der Waals surface area contributed by atoms with Gasteiger partial charge in [0.25, 0.3) is 0 Å². The molecule has 0 aliphatic carbocycles. The third kappa shape index (κ3) is 8.16. The largest absolute Gasteiger partial charge is 0.492 e. The van der Waals surface area contributed by atoms with E-state index in [9.17, 15) is 9.59 Å². The van der Waals surface area contributed by atoms with Gasteiger partial charge >= 0.3 is 11.9 Å². The van der Waals surface area contributed by atoms with E-state index in [0.29, 0.717) is 18.8 Å². The number of ether oxygens (including phenoxy) is 1. The molecular weight excluding hydrogens is 326 g/mol. The Morgan fingerprint density at radius 2 is 1.72 bits per heavy atom. The summed E-state index contributed by atoms with van der Waals surface area (Å²) in [6.45, 7) is 10.5. The molecule has 1 saturated heterocycles. The summed E-state index contributed by atoms with van der Waals surface area (Å²) in [5.41, 5.74) is 1.17. The number of hydrogen-bond donors (Lipinski definition) is 2. The Balaban J connectivity index is 0.000000333. The van der Waals surface area contributed by atoms with Crippen molar-refractivity contribution in [2.75, 3.05) is 44.2 Å². The predicted octanol–water partition coefficient (Wildman–Crippen LogP) is 1.33. The summed E-state index contributed by atoms with van der Waals surface area (Å²) in [7, 11) is 0. The highest BCUT2D eigenvalue weighted by Crippen LogP contribution is 2.20. The Morgan fingerprint density at radius 3 is 2.20 bits per heavy atom. The van der Waals surface area contributed by atoms with Crippen LogP contribution < -0.4 is 9.64 Å². The molecule has 1 aliphatic rings. The highest BCUT2D eigenvalue weighted by atomic mass is 16.5. The molecule has 0 bridgehead atoms. The van der Waals surface area contributed by atoms with Crippen molar-refractivity contribution in [1.29, 1.82) is 0 Å². The van der Waals surface area contributed by atoms with Gasteiger partial charge in [0.05, 0.1) is 24.7 Å². The molecule has 1 fully saturated rings. The number of rotatable bonds is 6. The van der Waals surface area contributed by atoms with Crippen LogP contribution in [-0.2, 0) is 9.59 Å². The molecule has 0 unspecified atom stereocenters. The van der Waals surface area contributed by atoms with Crippen LogP contribution in [-0.4, -0.2) is 71.4 Å². The van der Waals surface area contributed by atoms with Gasteiger partial charge in [0, 0.05) is 44.4 Å². The van der Waals surface area contributed by atoms with E-state index in [0.717, 1.165) is 38.5 Å². The molecule has 0 radical (unpaired) electrons. The standard InChI is InChI=1S/C13H21N3O.C4H4O4/c1-3-15-5-7-16(8-6-15)12-9-13(17-4-2)11-14-10-12;5-3(6)1-2-4(7)8/h9-11H,3-8H2,1-2H3;1-2H,(H,5,6)(H,7,8)/b;2-1+. The third-order valence-corrected chi connectivity index (χ3v) is 3.56. The second-order valence-electron chi connectivity index (χ2n) is 5.24. The first-order valence-corrected chi connectivity index (χ1v) is 8.15. The van der Waals surface area contributed by atoms with Gasteiger partial charge in [0.2, 0.25) is 0 Å². The molecule has 1 aromatic heterocycles. The molecule has 2 rings (SSSR count). The maximum atomic E-state index is 9.55. The first kappa shape index (κ1) is 20.4. The summed E-state index contributed by atoms with van der Waals surface area (Å²) in [6, 6.07) is 2.08. The summed E-state index contributed by atoms with van der Waals surface area (Å²) in [4.78, 5) is 28.2. The Hall–Kier alpha value is -2.61. The van der Waals surface area contributed by atoms with Crippen LogP contribution in [0.2, 0.25) is 0 Å². The van der Waals surface area contributed by atoms with Crippen LogP contribution >= 0.6 is 0 Å². The Bertz CT molecular complexity index is 567. The van der Waals surface area contributed by atoms with Crippen molar-refractivity contribution >= 4 is 17.6 Å². The predicted molar refractivity (Wildman–Crippen MR) is 94.1 cm³/mol. The van der Waals surface area contributed by atoms with Gasteiger partial charge in [-0.1, -0.05) is 6.92 Å². The SMILES string of the molecule is CCOc1cncc(N2CCN(CC)CC2)c1.O=C(O)/C=C/C(=O)O. The third-order valence-electron chi connectivity index (χ3n) is 3.56. The lowest BCUT2D eigenvalue weighted by molar-refractivity contribution is -0.134. The molecule has 2 N–H and O–H groups in total. The van der Waals surface area contributed by atoms with Gasteiger partial charge in [-0.3, -0.25) is 4.98 Å². The van der Waals surface area contributed by atoms with E-state index in [-0.39, 0.29) is 0 Å². The quantitative estimate of drug-likeness (QED) is 0.740. The fourth-order valence-electron chi connectivity index (χ4n) is 2.29. The minimum atomic E-state index is -1.26. The van der Waals surface area contributed by atoms with Crippen molar-refractivity contribution in [2.24, 2.45) is 0 Å². The Morgan fingerprint density at radius 1 is 1.12 bits per heavy atom. The van der Waals surface area contributed by atoms with Crippen LogP contribution in [0.5, 0.6) is 5.75 Å². The lowest BCUT2D eigenvalue weighted by atomic mass is 10.2. The van der Waals surface area contributed by atoms with E-state index >= 15 is 0 Å². The van der Waals surface area contributed by atoms with E-state index < -0.39 is 11.9 Å². The van der Waals surface area contributed by atoms with E-state index in [1.54, 1.807) is 6.20 Å². The molecule has 8 nitrogen and oxygen atoms in total. The van der Waals surface area contributed by atoms with Crippen molar-refractivity contribution in [1.82, 2.24) is 9.88 Å². The maximum Gasteiger partial charge on any atom is 0.328 e. The van der Waals surface area contributed by atoms with Gasteiger partial charge in [-0.2, -0.15) is 0 Å². The topological polar surface area (TPSA) is 103 Å². The van der Waals surface area contributed by atoms with Crippen LogP contribution in [0.1, 0.15) is 13.8 Å². The molecule has 1 aliphatic heterocycles. The lowest BCUT2D eigenvalue weighted by Crippen LogP contribution is -2.46. The molecule has 0 spiro atoms. The molecule has 0 aromatic carbocycles. The second kappa shape index (κ2) is 11.0. The number of anilines is 1. The average Bonchev–Trinajstić information content (AvgIpc) is 2.61.